The molecule has 1 heterocycles. The van der Waals surface area contributed by atoms with Crippen LogP contribution in [-0.4, -0.2) is 22.4 Å². The zero-order valence-electron chi connectivity index (χ0n) is 13.9. The molecule has 0 aliphatic carbocycles. The van der Waals surface area contributed by atoms with Crippen molar-refractivity contribution in [3.05, 3.63) is 52.3 Å². The third kappa shape index (κ3) is 4.18. The molecule has 0 fully saturated rings. The first-order valence-electron chi connectivity index (χ1n) is 7.78. The molecule has 0 spiro atoms. The Kier molecular flexibility index (Phi) is 5.18. The highest BCUT2D eigenvalue weighted by Crippen LogP contribution is 2.14. The van der Waals surface area contributed by atoms with Crippen LogP contribution in [0.4, 0.5) is 0 Å². The molecule has 1 unspecified atom stereocenters. The number of aryl methyl sites for hydroxylation is 4. The summed E-state index contributed by atoms with van der Waals surface area (Å²) < 4.78 is 2.00. The summed E-state index contributed by atoms with van der Waals surface area (Å²) in [5.41, 5.74) is 6.53. The van der Waals surface area contributed by atoms with Crippen molar-refractivity contribution in [1.29, 1.82) is 0 Å². The Balaban J connectivity index is 2.11. The van der Waals surface area contributed by atoms with Crippen molar-refractivity contribution in [3.63, 3.8) is 0 Å². The van der Waals surface area contributed by atoms with E-state index >= 15 is 0 Å². The van der Waals surface area contributed by atoms with E-state index in [-0.39, 0.29) is 0 Å². The Labute approximate surface area is 128 Å². The number of aromatic nitrogens is 2. The van der Waals surface area contributed by atoms with Crippen LogP contribution in [0.2, 0.25) is 0 Å². The minimum atomic E-state index is 0.451. The van der Waals surface area contributed by atoms with Gasteiger partial charge in [-0.05, 0) is 56.5 Å². The molecule has 0 bridgehead atoms. The number of hydrogen-bond acceptors (Lipinski definition) is 2. The minimum Gasteiger partial charge on any atom is -0.314 e. The van der Waals surface area contributed by atoms with Gasteiger partial charge in [0.15, 0.2) is 0 Å². The van der Waals surface area contributed by atoms with Crippen LogP contribution < -0.4 is 5.32 Å². The second kappa shape index (κ2) is 6.90. The molecule has 3 heteroatoms. The van der Waals surface area contributed by atoms with Crippen molar-refractivity contribution in [3.8, 4) is 0 Å². The van der Waals surface area contributed by atoms with Crippen LogP contribution >= 0.6 is 0 Å². The van der Waals surface area contributed by atoms with Gasteiger partial charge in [-0.3, -0.25) is 4.68 Å². The zero-order valence-corrected chi connectivity index (χ0v) is 13.9. The molecule has 21 heavy (non-hydrogen) atoms. The molecule has 0 amide bonds. The van der Waals surface area contributed by atoms with Gasteiger partial charge >= 0.3 is 0 Å². The van der Waals surface area contributed by atoms with Crippen LogP contribution in [0.3, 0.4) is 0 Å². The summed E-state index contributed by atoms with van der Waals surface area (Å²) in [6.45, 7) is 9.56. The summed E-state index contributed by atoms with van der Waals surface area (Å²) in [6.07, 6.45) is 2.07. The molecule has 1 aromatic carbocycles. The second-order valence-electron chi connectivity index (χ2n) is 5.98. The van der Waals surface area contributed by atoms with Gasteiger partial charge in [0.1, 0.15) is 0 Å². The highest BCUT2D eigenvalue weighted by molar-refractivity contribution is 5.30. The van der Waals surface area contributed by atoms with Gasteiger partial charge in [0.05, 0.1) is 5.69 Å². The molecule has 0 aliphatic heterocycles. The fourth-order valence-electron chi connectivity index (χ4n) is 2.83. The highest BCUT2D eigenvalue weighted by atomic mass is 15.3. The Morgan fingerprint density at radius 1 is 1.10 bits per heavy atom. The van der Waals surface area contributed by atoms with Crippen molar-refractivity contribution >= 4 is 0 Å². The first-order valence-corrected chi connectivity index (χ1v) is 7.78. The van der Waals surface area contributed by atoms with Gasteiger partial charge in [0, 0.05) is 25.2 Å². The van der Waals surface area contributed by atoms with E-state index in [1.165, 1.54) is 22.4 Å². The fourth-order valence-corrected chi connectivity index (χ4v) is 2.83. The van der Waals surface area contributed by atoms with E-state index in [9.17, 15) is 0 Å². The fraction of sp³-hybridized carbons (Fsp3) is 0.500. The van der Waals surface area contributed by atoms with Crippen molar-refractivity contribution in [2.24, 2.45) is 7.05 Å². The van der Waals surface area contributed by atoms with Crippen molar-refractivity contribution < 1.29 is 0 Å². The third-order valence-corrected chi connectivity index (χ3v) is 4.10. The van der Waals surface area contributed by atoms with Gasteiger partial charge in [0.25, 0.3) is 0 Å². The van der Waals surface area contributed by atoms with Gasteiger partial charge in [0.2, 0.25) is 0 Å². The molecule has 2 rings (SSSR count). The average Bonchev–Trinajstić information content (AvgIpc) is 2.72. The molecule has 3 nitrogen and oxygen atoms in total. The monoisotopic (exact) mass is 285 g/mol. The van der Waals surface area contributed by atoms with E-state index < -0.39 is 0 Å². The summed E-state index contributed by atoms with van der Waals surface area (Å²) in [5.74, 6) is 0. The topological polar surface area (TPSA) is 29.9 Å². The van der Waals surface area contributed by atoms with Gasteiger partial charge in [-0.2, -0.15) is 5.10 Å². The molecule has 0 saturated carbocycles. The van der Waals surface area contributed by atoms with E-state index in [1.807, 2.05) is 11.7 Å². The molecule has 2 aromatic rings. The quantitative estimate of drug-likeness (QED) is 0.884. The summed E-state index contributed by atoms with van der Waals surface area (Å²) in [6, 6.07) is 9.43. The first-order chi connectivity index (χ1) is 9.99. The van der Waals surface area contributed by atoms with Crippen LogP contribution in [0.1, 0.15) is 35.0 Å². The molecule has 1 aromatic heterocycles. The van der Waals surface area contributed by atoms with E-state index in [4.69, 9.17) is 0 Å². The predicted octanol–water partition coefficient (Wildman–Crippen LogP) is 3.11. The van der Waals surface area contributed by atoms with Crippen LogP contribution in [-0.2, 0) is 19.9 Å². The maximum absolute atomic E-state index is 4.45. The number of rotatable bonds is 6. The molecule has 0 aliphatic rings. The Bertz CT molecular complexity index is 599. The minimum absolute atomic E-state index is 0.451. The second-order valence-corrected chi connectivity index (χ2v) is 5.98. The maximum atomic E-state index is 4.45. The van der Waals surface area contributed by atoms with Gasteiger partial charge in [-0.15, -0.1) is 0 Å². The molecule has 0 saturated heterocycles. The van der Waals surface area contributed by atoms with Crippen molar-refractivity contribution in [2.75, 3.05) is 6.54 Å². The lowest BCUT2D eigenvalue weighted by atomic mass is 9.98. The lowest BCUT2D eigenvalue weighted by Gasteiger charge is -2.18. The Morgan fingerprint density at radius 3 is 2.43 bits per heavy atom. The standard InChI is InChI=1S/C18H27N3/c1-6-19-17(12-18-10-15(4)20-21(18)5)11-16-8-7-13(2)14(3)9-16/h7-10,17,19H,6,11-12H2,1-5H3. The lowest BCUT2D eigenvalue weighted by molar-refractivity contribution is 0.504. The zero-order chi connectivity index (χ0) is 15.4. The van der Waals surface area contributed by atoms with Crippen LogP contribution in [0.15, 0.2) is 24.3 Å². The largest absolute Gasteiger partial charge is 0.314 e. The SMILES string of the molecule is CCNC(Cc1ccc(C)c(C)c1)Cc1cc(C)nn1C. The normalized spacial score (nSPS) is 12.6. The van der Waals surface area contributed by atoms with E-state index in [2.05, 4.69) is 62.4 Å². The average molecular weight is 285 g/mol. The summed E-state index contributed by atoms with van der Waals surface area (Å²) >= 11 is 0. The highest BCUT2D eigenvalue weighted by Gasteiger charge is 2.13. The molecule has 1 atom stereocenters. The number of benzene rings is 1. The molecule has 114 valence electrons. The molecular weight excluding hydrogens is 258 g/mol. The summed E-state index contributed by atoms with van der Waals surface area (Å²) in [7, 11) is 2.03. The van der Waals surface area contributed by atoms with Crippen LogP contribution in [0, 0.1) is 20.8 Å². The molecular formula is C18H27N3. The first kappa shape index (κ1) is 15.8. The van der Waals surface area contributed by atoms with Gasteiger partial charge < -0.3 is 5.32 Å². The van der Waals surface area contributed by atoms with Crippen molar-refractivity contribution in [1.82, 2.24) is 15.1 Å². The summed E-state index contributed by atoms with van der Waals surface area (Å²) in [4.78, 5) is 0. The smallest absolute Gasteiger partial charge is 0.0596 e. The van der Waals surface area contributed by atoms with E-state index in [0.717, 1.165) is 25.1 Å². The number of likely N-dealkylation sites (N-methyl/N-ethyl adjacent to an activating group) is 1. The van der Waals surface area contributed by atoms with Crippen molar-refractivity contribution in [2.45, 2.75) is 46.6 Å². The Morgan fingerprint density at radius 2 is 1.86 bits per heavy atom. The molecule has 0 radical (unpaired) electrons. The summed E-state index contributed by atoms with van der Waals surface area (Å²) in [5, 5.41) is 8.05. The molecule has 1 N–H and O–H groups in total. The third-order valence-electron chi connectivity index (χ3n) is 4.10. The lowest BCUT2D eigenvalue weighted by Crippen LogP contribution is -2.33. The number of nitrogens with zero attached hydrogens (tertiary/aromatic N) is 2. The number of nitrogens with one attached hydrogen (secondary N) is 1. The van der Waals surface area contributed by atoms with E-state index in [0.29, 0.717) is 6.04 Å². The maximum Gasteiger partial charge on any atom is 0.0596 e. The van der Waals surface area contributed by atoms with Gasteiger partial charge in [-0.25, -0.2) is 0 Å². The van der Waals surface area contributed by atoms with Crippen LogP contribution in [0.5, 0.6) is 0 Å². The van der Waals surface area contributed by atoms with Crippen LogP contribution in [0.25, 0.3) is 0 Å². The van der Waals surface area contributed by atoms with Gasteiger partial charge in [-0.1, -0.05) is 25.1 Å². The Hall–Kier alpha value is -1.61. The number of hydrogen-bond donors (Lipinski definition) is 1. The van der Waals surface area contributed by atoms with E-state index in [1.54, 1.807) is 0 Å². The predicted molar refractivity (Wildman–Crippen MR) is 88.7 cm³/mol.